The number of nitrogens with one attached hydrogen (secondary N) is 1. The molecule has 7 heteroatoms. The Bertz CT molecular complexity index is 583. The first-order valence-electron chi connectivity index (χ1n) is 6.83. The van der Waals surface area contributed by atoms with E-state index in [0.717, 1.165) is 31.7 Å². The number of carboxylic acids is 1. The molecule has 0 heterocycles. The molecule has 118 valence electrons. The van der Waals surface area contributed by atoms with Gasteiger partial charge in [0.2, 0.25) is 10.0 Å². The summed E-state index contributed by atoms with van der Waals surface area (Å²) in [5.74, 6) is -1.10. The second-order valence-corrected chi connectivity index (χ2v) is 6.39. The largest absolute Gasteiger partial charge is 0.496 e. The molecule has 0 saturated heterocycles. The van der Waals surface area contributed by atoms with Crippen LogP contribution in [0.25, 0.3) is 0 Å². The number of methoxy groups -OCH3 is 1. The van der Waals surface area contributed by atoms with Crippen molar-refractivity contribution in [2.24, 2.45) is 0 Å². The van der Waals surface area contributed by atoms with Crippen LogP contribution in [0.2, 0.25) is 0 Å². The Morgan fingerprint density at radius 3 is 2.57 bits per heavy atom. The first-order valence-corrected chi connectivity index (χ1v) is 8.31. The molecule has 6 nitrogen and oxygen atoms in total. The Labute approximate surface area is 125 Å². The standard InChI is InChI=1S/C14H21NO5S/c1-3-4-5-6-9-15-21(18,19)11-7-8-13(20-2)12(10-11)14(16)17/h7-8,10,15H,3-6,9H2,1-2H3,(H,16,17). The van der Waals surface area contributed by atoms with Crippen LogP contribution in [0.3, 0.4) is 0 Å². The van der Waals surface area contributed by atoms with Crippen LogP contribution >= 0.6 is 0 Å². The van der Waals surface area contributed by atoms with E-state index in [1.165, 1.54) is 19.2 Å². The number of hydrogen-bond acceptors (Lipinski definition) is 4. The molecule has 0 saturated carbocycles. The van der Waals surface area contributed by atoms with Gasteiger partial charge in [-0.3, -0.25) is 0 Å². The number of sulfonamides is 1. The molecular weight excluding hydrogens is 294 g/mol. The van der Waals surface area contributed by atoms with Crippen molar-refractivity contribution in [1.29, 1.82) is 0 Å². The number of ether oxygens (including phenoxy) is 1. The van der Waals surface area contributed by atoms with Crippen molar-refractivity contribution in [2.75, 3.05) is 13.7 Å². The third-order valence-corrected chi connectivity index (χ3v) is 4.49. The molecule has 0 bridgehead atoms. The summed E-state index contributed by atoms with van der Waals surface area (Å²) in [6.07, 6.45) is 3.86. The Hall–Kier alpha value is -1.60. The minimum Gasteiger partial charge on any atom is -0.496 e. The third-order valence-electron chi connectivity index (χ3n) is 3.03. The smallest absolute Gasteiger partial charge is 0.339 e. The van der Waals surface area contributed by atoms with Gasteiger partial charge in [0.25, 0.3) is 0 Å². The lowest BCUT2D eigenvalue weighted by Gasteiger charge is -2.09. The maximum atomic E-state index is 12.1. The summed E-state index contributed by atoms with van der Waals surface area (Å²) in [4.78, 5) is 11.0. The Kier molecular flexibility index (Phi) is 6.64. The maximum absolute atomic E-state index is 12.1. The maximum Gasteiger partial charge on any atom is 0.339 e. The fourth-order valence-corrected chi connectivity index (χ4v) is 2.96. The van der Waals surface area contributed by atoms with Crippen LogP contribution in [0.15, 0.2) is 23.1 Å². The minimum atomic E-state index is -3.70. The van der Waals surface area contributed by atoms with Gasteiger partial charge in [0.1, 0.15) is 11.3 Å². The molecule has 0 fully saturated rings. The molecule has 21 heavy (non-hydrogen) atoms. The summed E-state index contributed by atoms with van der Waals surface area (Å²) in [6, 6.07) is 3.78. The van der Waals surface area contributed by atoms with Crippen LogP contribution in [-0.2, 0) is 10.0 Å². The lowest BCUT2D eigenvalue weighted by Crippen LogP contribution is -2.25. The van der Waals surface area contributed by atoms with Crippen molar-refractivity contribution in [3.63, 3.8) is 0 Å². The molecule has 0 aliphatic rings. The van der Waals surface area contributed by atoms with Gasteiger partial charge < -0.3 is 9.84 Å². The van der Waals surface area contributed by atoms with Crippen LogP contribution in [0.4, 0.5) is 0 Å². The Morgan fingerprint density at radius 2 is 2.00 bits per heavy atom. The van der Waals surface area contributed by atoms with Crippen molar-refractivity contribution in [2.45, 2.75) is 37.5 Å². The van der Waals surface area contributed by atoms with Crippen LogP contribution in [0.5, 0.6) is 5.75 Å². The third kappa shape index (κ3) is 5.02. The first kappa shape index (κ1) is 17.5. The van der Waals surface area contributed by atoms with Crippen LogP contribution in [0, 0.1) is 0 Å². The van der Waals surface area contributed by atoms with Crippen molar-refractivity contribution >= 4 is 16.0 Å². The monoisotopic (exact) mass is 315 g/mol. The predicted molar refractivity (Wildman–Crippen MR) is 79.3 cm³/mol. The van der Waals surface area contributed by atoms with Gasteiger partial charge in [0.05, 0.1) is 12.0 Å². The lowest BCUT2D eigenvalue weighted by molar-refractivity contribution is 0.0693. The van der Waals surface area contributed by atoms with Gasteiger partial charge in [-0.25, -0.2) is 17.9 Å². The minimum absolute atomic E-state index is 0.0730. The van der Waals surface area contributed by atoms with Gasteiger partial charge in [-0.2, -0.15) is 0 Å². The second-order valence-electron chi connectivity index (χ2n) is 4.63. The van der Waals surface area contributed by atoms with Crippen molar-refractivity contribution < 1.29 is 23.1 Å². The predicted octanol–water partition coefficient (Wildman–Crippen LogP) is 2.25. The normalized spacial score (nSPS) is 11.3. The van der Waals surface area contributed by atoms with E-state index in [1.807, 2.05) is 0 Å². The highest BCUT2D eigenvalue weighted by atomic mass is 32.2. The van der Waals surface area contributed by atoms with Gasteiger partial charge in [0.15, 0.2) is 0 Å². The van der Waals surface area contributed by atoms with Gasteiger partial charge >= 0.3 is 5.97 Å². The molecular formula is C14H21NO5S. The van der Waals surface area contributed by atoms with E-state index in [4.69, 9.17) is 9.84 Å². The lowest BCUT2D eigenvalue weighted by atomic mass is 10.2. The second kappa shape index (κ2) is 7.99. The quantitative estimate of drug-likeness (QED) is 0.682. The van der Waals surface area contributed by atoms with Crippen molar-refractivity contribution in [1.82, 2.24) is 4.72 Å². The number of carbonyl (C=O) groups is 1. The number of carboxylic acid groups (broad SMARTS) is 1. The molecule has 0 aliphatic carbocycles. The number of rotatable bonds is 9. The zero-order valence-corrected chi connectivity index (χ0v) is 13.1. The molecule has 0 unspecified atom stereocenters. The summed E-state index contributed by atoms with van der Waals surface area (Å²) in [6.45, 7) is 2.42. The van der Waals surface area contributed by atoms with Crippen LogP contribution in [0.1, 0.15) is 43.0 Å². The molecule has 1 aromatic rings. The summed E-state index contributed by atoms with van der Waals surface area (Å²) >= 11 is 0. The topological polar surface area (TPSA) is 92.7 Å². The van der Waals surface area contributed by atoms with E-state index in [0.29, 0.717) is 6.54 Å². The number of hydrogen-bond donors (Lipinski definition) is 2. The van der Waals surface area contributed by atoms with E-state index >= 15 is 0 Å². The molecule has 0 spiro atoms. The van der Waals surface area contributed by atoms with E-state index in [9.17, 15) is 13.2 Å². The number of benzene rings is 1. The highest BCUT2D eigenvalue weighted by molar-refractivity contribution is 7.89. The van der Waals surface area contributed by atoms with Crippen LogP contribution < -0.4 is 9.46 Å². The summed E-state index contributed by atoms with van der Waals surface area (Å²) in [5.41, 5.74) is -0.175. The van der Waals surface area contributed by atoms with Gasteiger partial charge in [-0.1, -0.05) is 26.2 Å². The van der Waals surface area contributed by atoms with Crippen molar-refractivity contribution in [3.05, 3.63) is 23.8 Å². The van der Waals surface area contributed by atoms with Gasteiger partial charge in [-0.05, 0) is 24.6 Å². The number of aromatic carboxylic acids is 1. The van der Waals surface area contributed by atoms with E-state index in [-0.39, 0.29) is 16.2 Å². The summed E-state index contributed by atoms with van der Waals surface area (Å²) < 4.78 is 31.6. The average Bonchev–Trinajstić information content (AvgIpc) is 2.46. The molecule has 1 rings (SSSR count). The molecule has 0 amide bonds. The molecule has 1 aromatic carbocycles. The summed E-state index contributed by atoms with van der Waals surface area (Å²) in [7, 11) is -2.36. The van der Waals surface area contributed by atoms with Crippen molar-refractivity contribution in [3.8, 4) is 5.75 Å². The van der Waals surface area contributed by atoms with E-state index < -0.39 is 16.0 Å². The fourth-order valence-electron chi connectivity index (χ4n) is 1.86. The SMILES string of the molecule is CCCCCCNS(=O)(=O)c1ccc(OC)c(C(=O)O)c1. The van der Waals surface area contributed by atoms with E-state index in [1.54, 1.807) is 0 Å². The highest BCUT2D eigenvalue weighted by Crippen LogP contribution is 2.22. The van der Waals surface area contributed by atoms with Gasteiger partial charge in [-0.15, -0.1) is 0 Å². The fraction of sp³-hybridized carbons (Fsp3) is 0.500. The van der Waals surface area contributed by atoms with E-state index in [2.05, 4.69) is 11.6 Å². The zero-order valence-electron chi connectivity index (χ0n) is 12.3. The Morgan fingerprint density at radius 1 is 1.29 bits per heavy atom. The Balaban J connectivity index is 2.83. The number of unbranched alkanes of at least 4 members (excludes halogenated alkanes) is 3. The van der Waals surface area contributed by atoms with Gasteiger partial charge in [0, 0.05) is 6.54 Å². The average molecular weight is 315 g/mol. The van der Waals surface area contributed by atoms with Crippen LogP contribution in [-0.4, -0.2) is 33.1 Å². The highest BCUT2D eigenvalue weighted by Gasteiger charge is 2.18. The molecule has 0 atom stereocenters. The zero-order chi connectivity index (χ0) is 15.9. The first-order chi connectivity index (χ1) is 9.92. The summed E-state index contributed by atoms with van der Waals surface area (Å²) in [5, 5.41) is 9.06. The molecule has 2 N–H and O–H groups in total. The molecule has 0 aliphatic heterocycles. The molecule has 0 radical (unpaired) electrons. The molecule has 0 aromatic heterocycles.